The molecule has 1 saturated carbocycles. The van der Waals surface area contributed by atoms with Crippen molar-refractivity contribution in [3.63, 3.8) is 0 Å². The van der Waals surface area contributed by atoms with E-state index in [0.717, 1.165) is 5.57 Å². The van der Waals surface area contributed by atoms with Crippen LogP contribution in [0.5, 0.6) is 0 Å². The maximum atomic E-state index is 10.7. The summed E-state index contributed by atoms with van der Waals surface area (Å²) >= 11 is 0. The number of fused-ring (bicyclic) bond motifs is 1. The Morgan fingerprint density at radius 1 is 1.12 bits per heavy atom. The maximum Gasteiger partial charge on any atom is 0.328 e. The van der Waals surface area contributed by atoms with Gasteiger partial charge in [-0.25, -0.2) is 4.79 Å². The first kappa shape index (κ1) is 18.0. The number of carboxylic acids is 1. The highest BCUT2D eigenvalue weighted by Crippen LogP contribution is 2.52. The average molecular weight is 338 g/mol. The Balaban J connectivity index is 1.80. The number of carbonyl (C=O) groups is 1. The molecule has 0 spiro atoms. The van der Waals surface area contributed by atoms with Crippen LogP contribution in [-0.2, 0) is 15.6 Å². The Morgan fingerprint density at radius 3 is 2.40 bits per heavy atom. The van der Waals surface area contributed by atoms with Crippen LogP contribution < -0.4 is 0 Å². The smallest absolute Gasteiger partial charge is 0.328 e. The zero-order chi connectivity index (χ0) is 18.4. The number of allylic oxidation sites excluding steroid dienone is 3. The van der Waals surface area contributed by atoms with Crippen molar-refractivity contribution in [1.82, 2.24) is 0 Å². The summed E-state index contributed by atoms with van der Waals surface area (Å²) in [7, 11) is 0. The van der Waals surface area contributed by atoms with E-state index in [-0.39, 0.29) is 10.8 Å². The largest absolute Gasteiger partial charge is 0.478 e. The lowest BCUT2D eigenvalue weighted by atomic mass is 9.63. The highest BCUT2D eigenvalue weighted by atomic mass is 16.4. The molecule has 25 heavy (non-hydrogen) atoms. The molecular formula is C23H30O2. The topological polar surface area (TPSA) is 37.3 Å². The third-order valence-corrected chi connectivity index (χ3v) is 6.10. The van der Waals surface area contributed by atoms with Crippen LogP contribution in [0.1, 0.15) is 76.5 Å². The van der Waals surface area contributed by atoms with Gasteiger partial charge in [-0.05, 0) is 71.1 Å². The Labute approximate surface area is 151 Å². The van der Waals surface area contributed by atoms with E-state index in [4.69, 9.17) is 5.11 Å². The number of aliphatic carboxylic acids is 1. The van der Waals surface area contributed by atoms with Gasteiger partial charge in [-0.3, -0.25) is 0 Å². The second kappa shape index (κ2) is 6.16. The molecule has 2 heteroatoms. The lowest BCUT2D eigenvalue weighted by Gasteiger charge is -2.42. The van der Waals surface area contributed by atoms with E-state index in [0.29, 0.717) is 11.8 Å². The second-order valence-electron chi connectivity index (χ2n) is 9.16. The van der Waals surface area contributed by atoms with Crippen molar-refractivity contribution in [2.75, 3.05) is 0 Å². The van der Waals surface area contributed by atoms with Gasteiger partial charge in [-0.1, -0.05) is 58.0 Å². The fourth-order valence-electron chi connectivity index (χ4n) is 4.17. The summed E-state index contributed by atoms with van der Waals surface area (Å²) in [5.74, 6) is 0.240. The van der Waals surface area contributed by atoms with Gasteiger partial charge in [0, 0.05) is 6.08 Å². The monoisotopic (exact) mass is 338 g/mol. The Hall–Kier alpha value is -1.83. The lowest BCUT2D eigenvalue weighted by molar-refractivity contribution is -0.131. The van der Waals surface area contributed by atoms with Gasteiger partial charge >= 0.3 is 5.97 Å². The third-order valence-electron chi connectivity index (χ3n) is 6.10. The lowest BCUT2D eigenvalue weighted by Crippen LogP contribution is -2.33. The van der Waals surface area contributed by atoms with Crippen LogP contribution in [0.25, 0.3) is 0 Å². The standard InChI is InChI=1S/C23H30O2/c1-15(12-21(24)25)6-7-16-13-18(16)17-8-9-19-20(14-17)23(4,5)11-10-22(19,2)3/h6-9,12,14,16,18H,10-11,13H2,1-5H3,(H,24,25)/b7-6+,15-12+/t16-,18?/m1/s1. The number of benzene rings is 1. The highest BCUT2D eigenvalue weighted by molar-refractivity contribution is 5.81. The molecule has 2 nitrogen and oxygen atoms in total. The zero-order valence-electron chi connectivity index (χ0n) is 16.1. The van der Waals surface area contributed by atoms with Gasteiger partial charge in [0.1, 0.15) is 0 Å². The second-order valence-corrected chi connectivity index (χ2v) is 9.16. The first-order valence-electron chi connectivity index (χ1n) is 9.34. The first-order valence-corrected chi connectivity index (χ1v) is 9.34. The summed E-state index contributed by atoms with van der Waals surface area (Å²) in [4.78, 5) is 10.7. The number of carboxylic acid groups (broad SMARTS) is 1. The molecule has 3 rings (SSSR count). The van der Waals surface area contributed by atoms with Crippen LogP contribution in [0, 0.1) is 5.92 Å². The Bertz CT molecular complexity index is 749. The van der Waals surface area contributed by atoms with Crippen LogP contribution in [0.3, 0.4) is 0 Å². The molecule has 1 N–H and O–H groups in total. The van der Waals surface area contributed by atoms with Crippen molar-refractivity contribution in [2.24, 2.45) is 5.92 Å². The summed E-state index contributed by atoms with van der Waals surface area (Å²) in [5, 5.41) is 8.79. The van der Waals surface area contributed by atoms with Crippen LogP contribution in [0.2, 0.25) is 0 Å². The summed E-state index contributed by atoms with van der Waals surface area (Å²) in [6.45, 7) is 11.3. The van der Waals surface area contributed by atoms with Gasteiger partial charge in [-0.15, -0.1) is 0 Å². The fraction of sp³-hybridized carbons (Fsp3) is 0.522. The molecular weight excluding hydrogens is 308 g/mol. The summed E-state index contributed by atoms with van der Waals surface area (Å²) in [6.07, 6.45) is 9.04. The molecule has 0 aromatic heterocycles. The molecule has 0 amide bonds. The Kier molecular flexibility index (Phi) is 4.43. The molecule has 2 atom stereocenters. The van der Waals surface area contributed by atoms with E-state index >= 15 is 0 Å². The van der Waals surface area contributed by atoms with Gasteiger partial charge in [-0.2, -0.15) is 0 Å². The molecule has 0 bridgehead atoms. The van der Waals surface area contributed by atoms with E-state index in [2.05, 4.69) is 52.0 Å². The number of rotatable bonds is 4. The van der Waals surface area contributed by atoms with Crippen molar-refractivity contribution in [3.05, 3.63) is 58.7 Å². The zero-order valence-corrected chi connectivity index (χ0v) is 16.1. The molecule has 134 valence electrons. The molecule has 1 fully saturated rings. The van der Waals surface area contributed by atoms with Crippen LogP contribution in [-0.4, -0.2) is 11.1 Å². The molecule has 2 aliphatic rings. The highest BCUT2D eigenvalue weighted by Gasteiger charge is 2.40. The molecule has 0 radical (unpaired) electrons. The van der Waals surface area contributed by atoms with Gasteiger partial charge in [0.25, 0.3) is 0 Å². The minimum atomic E-state index is -0.881. The molecule has 1 unspecified atom stereocenters. The molecule has 1 aromatic rings. The van der Waals surface area contributed by atoms with Gasteiger partial charge in [0.15, 0.2) is 0 Å². The third kappa shape index (κ3) is 3.73. The predicted molar refractivity (Wildman–Crippen MR) is 103 cm³/mol. The number of hydrogen-bond acceptors (Lipinski definition) is 1. The molecule has 1 aromatic carbocycles. The SMILES string of the molecule is CC(/C=C/[C@@H]1CC1c1ccc2c(c1)C(C)(C)CCC2(C)C)=C\C(=O)O. The van der Waals surface area contributed by atoms with Crippen molar-refractivity contribution in [2.45, 2.75) is 70.6 Å². The fourth-order valence-corrected chi connectivity index (χ4v) is 4.17. The van der Waals surface area contributed by atoms with Gasteiger partial charge in [0.2, 0.25) is 0 Å². The summed E-state index contributed by atoms with van der Waals surface area (Å²) in [5.41, 5.74) is 5.80. The normalized spacial score (nSPS) is 27.2. The molecule has 0 aliphatic heterocycles. The molecule has 2 aliphatic carbocycles. The van der Waals surface area contributed by atoms with Gasteiger partial charge in [0.05, 0.1) is 0 Å². The first-order chi connectivity index (χ1) is 11.6. The average Bonchev–Trinajstić information content (AvgIpc) is 3.29. The summed E-state index contributed by atoms with van der Waals surface area (Å²) < 4.78 is 0. The van der Waals surface area contributed by atoms with Gasteiger partial charge < -0.3 is 5.11 Å². The quantitative estimate of drug-likeness (QED) is 0.562. The predicted octanol–water partition coefficient (Wildman–Crippen LogP) is 5.73. The summed E-state index contributed by atoms with van der Waals surface area (Å²) in [6, 6.07) is 7.13. The minimum absolute atomic E-state index is 0.252. The van der Waals surface area contributed by atoms with E-state index in [9.17, 15) is 4.79 Å². The van der Waals surface area contributed by atoms with Crippen LogP contribution in [0.4, 0.5) is 0 Å². The van der Waals surface area contributed by atoms with Crippen molar-refractivity contribution in [3.8, 4) is 0 Å². The molecule has 0 heterocycles. The van der Waals surface area contributed by atoms with Crippen molar-refractivity contribution in [1.29, 1.82) is 0 Å². The van der Waals surface area contributed by atoms with E-state index in [1.807, 2.05) is 13.0 Å². The van der Waals surface area contributed by atoms with E-state index in [1.54, 1.807) is 0 Å². The molecule has 0 saturated heterocycles. The number of hydrogen-bond donors (Lipinski definition) is 1. The minimum Gasteiger partial charge on any atom is -0.478 e. The maximum absolute atomic E-state index is 10.7. The van der Waals surface area contributed by atoms with E-state index in [1.165, 1.54) is 42.0 Å². The van der Waals surface area contributed by atoms with Crippen molar-refractivity contribution >= 4 is 5.97 Å². The van der Waals surface area contributed by atoms with Crippen LogP contribution in [0.15, 0.2) is 42.0 Å². The Morgan fingerprint density at radius 2 is 1.76 bits per heavy atom. The van der Waals surface area contributed by atoms with E-state index < -0.39 is 5.97 Å². The van der Waals surface area contributed by atoms with Crippen LogP contribution >= 0.6 is 0 Å². The van der Waals surface area contributed by atoms with Crippen molar-refractivity contribution < 1.29 is 9.90 Å².